The number of nitrogens with zero attached hydrogens (tertiary/aromatic N) is 2. The average Bonchev–Trinajstić information content (AvgIpc) is 4.09. The number of ketones is 2. The van der Waals surface area contributed by atoms with E-state index in [2.05, 4.69) is 42.2 Å². The number of methoxy groups -OCH3 is 4. The van der Waals surface area contributed by atoms with Crippen molar-refractivity contribution < 1.29 is 75.8 Å². The number of aryl methyl sites for hydroxylation is 1. The topological polar surface area (TPSA) is 323 Å². The van der Waals surface area contributed by atoms with Gasteiger partial charge in [0.15, 0.2) is 28.6 Å². The summed E-state index contributed by atoms with van der Waals surface area (Å²) in [6, 6.07) is -4.19. The van der Waals surface area contributed by atoms with E-state index in [1.165, 1.54) is 46.8 Å². The standard InChI is InChI=1S/C44H66N8O16/c1-24(2)16-29(35(53)43(5)22-65-43)46-40(58)32(19-62-7)48-37(55)27(11-14-61-6)45-39(57)31-18-26(68-52-31)10-13-44(23-66-44)36(54)30(17-25(3)4)47-41(59)33(20-63-8)50-42(60)34(21-64-9)49-38(56)28-12-15-67-51-28/h12,15,18,24-25,27,29-30,32-34H,10-11,13-14,16-17,19-23H2,1-9H3,(H,45,57)(H,46,58)(H,47,59)(H,48,55)(H,49,56)(H,50,60)/t27?,29?,30?,32-,33-,34?,43+,44+/m0/s1. The van der Waals surface area contributed by atoms with Gasteiger partial charge in [0.2, 0.25) is 23.6 Å². The maximum absolute atomic E-state index is 14.1. The van der Waals surface area contributed by atoms with Crippen LogP contribution in [0.15, 0.2) is 27.4 Å². The predicted octanol–water partition coefficient (Wildman–Crippen LogP) is -0.805. The van der Waals surface area contributed by atoms with Crippen LogP contribution in [0.2, 0.25) is 0 Å². The molecule has 378 valence electrons. The molecule has 68 heavy (non-hydrogen) atoms. The molecule has 0 bridgehead atoms. The smallest absolute Gasteiger partial charge is 0.274 e. The van der Waals surface area contributed by atoms with Gasteiger partial charge in [-0.2, -0.15) is 0 Å². The van der Waals surface area contributed by atoms with Gasteiger partial charge in [-0.3, -0.25) is 38.4 Å². The molecule has 2 aromatic heterocycles. The van der Waals surface area contributed by atoms with Crippen LogP contribution in [0.5, 0.6) is 0 Å². The Morgan fingerprint density at radius 2 is 1.09 bits per heavy atom. The Balaban J connectivity index is 1.38. The molecule has 2 aliphatic heterocycles. The van der Waals surface area contributed by atoms with Crippen LogP contribution in [0.1, 0.15) is 87.0 Å². The van der Waals surface area contributed by atoms with Crippen molar-refractivity contribution in [1.82, 2.24) is 42.2 Å². The summed E-state index contributed by atoms with van der Waals surface area (Å²) in [7, 11) is 5.42. The van der Waals surface area contributed by atoms with Crippen LogP contribution in [0.25, 0.3) is 0 Å². The second-order valence-electron chi connectivity index (χ2n) is 17.8. The van der Waals surface area contributed by atoms with Gasteiger partial charge in [-0.1, -0.05) is 38.0 Å². The molecule has 4 unspecified atom stereocenters. The summed E-state index contributed by atoms with van der Waals surface area (Å²) >= 11 is 0. The molecule has 0 saturated carbocycles. The van der Waals surface area contributed by atoms with Gasteiger partial charge in [-0.05, 0) is 44.4 Å². The fourth-order valence-electron chi connectivity index (χ4n) is 7.14. The van der Waals surface area contributed by atoms with E-state index in [1.807, 2.05) is 27.7 Å². The Kier molecular flexibility index (Phi) is 20.7. The monoisotopic (exact) mass is 962 g/mol. The number of aromatic nitrogens is 2. The summed E-state index contributed by atoms with van der Waals surface area (Å²) in [5.41, 5.74) is -2.54. The van der Waals surface area contributed by atoms with Gasteiger partial charge >= 0.3 is 0 Å². The Hall–Kier alpha value is -5.66. The highest BCUT2D eigenvalue weighted by Crippen LogP contribution is 2.36. The van der Waals surface area contributed by atoms with Crippen molar-refractivity contribution in [1.29, 1.82) is 0 Å². The van der Waals surface area contributed by atoms with Crippen LogP contribution >= 0.6 is 0 Å². The first-order valence-electron chi connectivity index (χ1n) is 22.3. The summed E-state index contributed by atoms with van der Waals surface area (Å²) in [4.78, 5) is 107. The summed E-state index contributed by atoms with van der Waals surface area (Å²) in [6.45, 7) is 8.80. The van der Waals surface area contributed by atoms with E-state index in [0.29, 0.717) is 6.42 Å². The van der Waals surface area contributed by atoms with Gasteiger partial charge in [0, 0.05) is 53.6 Å². The minimum Gasteiger partial charge on any atom is -0.385 e. The number of carbonyl (C=O) groups excluding carboxylic acids is 8. The summed E-state index contributed by atoms with van der Waals surface area (Å²) < 4.78 is 41.9. The zero-order chi connectivity index (χ0) is 50.2. The van der Waals surface area contributed by atoms with Crippen molar-refractivity contribution in [3.8, 4) is 0 Å². The zero-order valence-electron chi connectivity index (χ0n) is 40.1. The third-order valence-electron chi connectivity index (χ3n) is 11.1. The number of epoxide rings is 2. The van der Waals surface area contributed by atoms with Crippen LogP contribution in [0.4, 0.5) is 0 Å². The molecule has 0 aromatic carbocycles. The van der Waals surface area contributed by atoms with E-state index < -0.39 is 88.7 Å². The molecule has 8 atom stereocenters. The number of nitrogens with one attached hydrogen (secondary N) is 6. The molecular formula is C44H66N8O16. The highest BCUT2D eigenvalue weighted by atomic mass is 16.6. The Bertz CT molecular complexity index is 2030. The first-order chi connectivity index (χ1) is 32.3. The van der Waals surface area contributed by atoms with E-state index in [0.717, 1.165) is 0 Å². The van der Waals surface area contributed by atoms with Gasteiger partial charge in [0.1, 0.15) is 41.8 Å². The Morgan fingerprint density at radius 1 is 0.618 bits per heavy atom. The van der Waals surface area contributed by atoms with Crippen LogP contribution < -0.4 is 31.9 Å². The molecule has 24 nitrogen and oxygen atoms in total. The van der Waals surface area contributed by atoms with E-state index in [1.54, 1.807) is 6.92 Å². The second-order valence-corrected chi connectivity index (χ2v) is 17.8. The fraction of sp³-hybridized carbons (Fsp3) is 0.682. The third kappa shape index (κ3) is 16.0. The number of Topliss-reactive ketones (excluding diaryl/α,β-unsaturated/α-hetero) is 2. The van der Waals surface area contributed by atoms with Crippen molar-refractivity contribution in [3.63, 3.8) is 0 Å². The van der Waals surface area contributed by atoms with Gasteiger partial charge in [0.05, 0.1) is 45.1 Å². The third-order valence-corrected chi connectivity index (χ3v) is 11.1. The number of rotatable bonds is 32. The largest absolute Gasteiger partial charge is 0.385 e. The van der Waals surface area contributed by atoms with E-state index >= 15 is 0 Å². The van der Waals surface area contributed by atoms with Crippen molar-refractivity contribution in [3.05, 3.63) is 35.5 Å². The molecule has 0 radical (unpaired) electrons. The van der Waals surface area contributed by atoms with E-state index in [4.69, 9.17) is 37.5 Å². The van der Waals surface area contributed by atoms with Crippen molar-refractivity contribution >= 4 is 47.0 Å². The summed E-state index contributed by atoms with van der Waals surface area (Å²) in [6.07, 6.45) is 1.94. The molecule has 4 heterocycles. The maximum atomic E-state index is 14.1. The molecule has 2 fully saturated rings. The Labute approximate surface area is 394 Å². The number of amides is 6. The first kappa shape index (κ1) is 54.9. The van der Waals surface area contributed by atoms with E-state index in [-0.39, 0.29) is 100 Å². The number of hydrogen-bond acceptors (Lipinski definition) is 18. The minimum absolute atomic E-state index is 0.0101. The zero-order valence-corrected chi connectivity index (χ0v) is 40.1. The van der Waals surface area contributed by atoms with Crippen molar-refractivity contribution in [2.24, 2.45) is 11.8 Å². The van der Waals surface area contributed by atoms with Crippen molar-refractivity contribution in [2.75, 3.05) is 68.1 Å². The predicted molar refractivity (Wildman–Crippen MR) is 236 cm³/mol. The normalized spacial score (nSPS) is 20.0. The van der Waals surface area contributed by atoms with Crippen molar-refractivity contribution in [2.45, 2.75) is 114 Å². The minimum atomic E-state index is -1.31. The van der Waals surface area contributed by atoms with Gasteiger partial charge in [-0.15, -0.1) is 0 Å². The lowest BCUT2D eigenvalue weighted by Gasteiger charge is -2.26. The molecule has 24 heteroatoms. The SMILES string of the molecule is COCCC(NC(=O)c1cc(CC[C@]2(C(=O)C(CC(C)C)NC(=O)[C@H](COC)NC(=O)C(COC)NC(=O)c3ccon3)CO2)on1)C(=O)N[C@@H](COC)C(=O)NC(CC(C)C)C(=O)[C@@]1(C)CO1. The number of hydrogen-bond donors (Lipinski definition) is 6. The lowest BCUT2D eigenvalue weighted by atomic mass is 9.89. The molecule has 0 aliphatic carbocycles. The molecule has 6 amide bonds. The maximum Gasteiger partial charge on any atom is 0.274 e. The Morgan fingerprint density at radius 3 is 1.54 bits per heavy atom. The van der Waals surface area contributed by atoms with Crippen LogP contribution in [0, 0.1) is 11.8 Å². The fourth-order valence-corrected chi connectivity index (χ4v) is 7.14. The lowest BCUT2D eigenvalue weighted by molar-refractivity contribution is -0.135. The molecule has 0 spiro atoms. The second kappa shape index (κ2) is 25.6. The molecule has 6 N–H and O–H groups in total. The molecule has 2 aromatic rings. The lowest BCUT2D eigenvalue weighted by Crippen LogP contribution is -2.59. The highest BCUT2D eigenvalue weighted by Gasteiger charge is 2.54. The quantitative estimate of drug-likeness (QED) is 0.0489. The first-order valence-corrected chi connectivity index (χ1v) is 22.3. The number of carbonyl (C=O) groups is 8. The molecule has 2 aliphatic rings. The van der Waals surface area contributed by atoms with Gasteiger partial charge in [0.25, 0.3) is 11.8 Å². The summed E-state index contributed by atoms with van der Waals surface area (Å²) in [5, 5.41) is 23.2. The molecule has 2 saturated heterocycles. The highest BCUT2D eigenvalue weighted by molar-refractivity contribution is 6.01. The van der Waals surface area contributed by atoms with Gasteiger partial charge < -0.3 is 69.4 Å². The van der Waals surface area contributed by atoms with Crippen LogP contribution in [0.3, 0.4) is 0 Å². The molecule has 4 rings (SSSR count). The number of ether oxygens (including phenoxy) is 6. The van der Waals surface area contributed by atoms with Crippen LogP contribution in [-0.2, 0) is 63.6 Å². The van der Waals surface area contributed by atoms with Crippen LogP contribution in [-0.4, -0.2) is 173 Å². The average molecular weight is 963 g/mol. The van der Waals surface area contributed by atoms with Gasteiger partial charge in [-0.25, -0.2) is 0 Å². The molecular weight excluding hydrogens is 897 g/mol. The summed E-state index contributed by atoms with van der Waals surface area (Å²) in [5.74, 6) is -4.85. The van der Waals surface area contributed by atoms with E-state index in [9.17, 15) is 38.4 Å².